The highest BCUT2D eigenvalue weighted by atomic mass is 19.4. The first-order valence-corrected chi connectivity index (χ1v) is 6.85. The second kappa shape index (κ2) is 6.32. The number of halogens is 6. The molecule has 0 saturated heterocycles. The molecule has 1 aromatic carbocycles. The van der Waals surface area contributed by atoms with Crippen molar-refractivity contribution in [2.45, 2.75) is 37.7 Å². The van der Waals surface area contributed by atoms with Crippen molar-refractivity contribution in [2.75, 3.05) is 20.6 Å². The first-order chi connectivity index (χ1) is 10.1. The maximum atomic E-state index is 12.9. The van der Waals surface area contributed by atoms with E-state index < -0.39 is 34.9 Å². The van der Waals surface area contributed by atoms with Crippen LogP contribution in [0.5, 0.6) is 0 Å². The van der Waals surface area contributed by atoms with Gasteiger partial charge in [-0.05, 0) is 51.7 Å². The quantitative estimate of drug-likeness (QED) is 0.835. The van der Waals surface area contributed by atoms with Gasteiger partial charge in [0.2, 0.25) is 0 Å². The summed E-state index contributed by atoms with van der Waals surface area (Å²) in [7, 11) is 3.36. The fraction of sp³-hybridized carbons (Fsp3) is 0.600. The van der Waals surface area contributed by atoms with Crippen molar-refractivity contribution < 1.29 is 26.3 Å². The highest BCUT2D eigenvalue weighted by molar-refractivity contribution is 5.37. The van der Waals surface area contributed by atoms with Crippen LogP contribution < -0.4 is 5.73 Å². The van der Waals surface area contributed by atoms with E-state index in [0.29, 0.717) is 0 Å². The van der Waals surface area contributed by atoms with Crippen LogP contribution >= 0.6 is 0 Å². The van der Waals surface area contributed by atoms with Gasteiger partial charge in [-0.15, -0.1) is 0 Å². The lowest BCUT2D eigenvalue weighted by Gasteiger charge is -2.34. The van der Waals surface area contributed by atoms with Gasteiger partial charge in [-0.2, -0.15) is 26.3 Å². The van der Waals surface area contributed by atoms with Crippen molar-refractivity contribution in [3.8, 4) is 0 Å². The smallest absolute Gasteiger partial charge is 0.325 e. The number of nitrogens with zero attached hydrogens (tertiary/aromatic N) is 1. The van der Waals surface area contributed by atoms with Gasteiger partial charge in [-0.1, -0.05) is 0 Å². The minimum absolute atomic E-state index is 0.0756. The van der Waals surface area contributed by atoms with Gasteiger partial charge in [0.1, 0.15) is 0 Å². The maximum Gasteiger partial charge on any atom is 0.416 e. The minimum Gasteiger partial charge on any atom is -0.325 e. The third kappa shape index (κ3) is 5.39. The maximum absolute atomic E-state index is 12.9. The summed E-state index contributed by atoms with van der Waals surface area (Å²) in [6, 6.07) is 1.62. The molecule has 0 saturated carbocycles. The van der Waals surface area contributed by atoms with E-state index in [1.807, 2.05) is 0 Å². The molecule has 23 heavy (non-hydrogen) atoms. The van der Waals surface area contributed by atoms with Gasteiger partial charge in [0, 0.05) is 18.0 Å². The first kappa shape index (κ1) is 19.8. The topological polar surface area (TPSA) is 29.3 Å². The first-order valence-electron chi connectivity index (χ1n) is 6.85. The Hall–Kier alpha value is -1.28. The van der Waals surface area contributed by atoms with E-state index in [0.717, 1.165) is 12.1 Å². The van der Waals surface area contributed by atoms with Crippen LogP contribution in [0.25, 0.3) is 0 Å². The normalized spacial score (nSPS) is 15.1. The fourth-order valence-electron chi connectivity index (χ4n) is 2.32. The Kier molecular flexibility index (Phi) is 5.43. The van der Waals surface area contributed by atoms with E-state index in [2.05, 4.69) is 0 Å². The van der Waals surface area contributed by atoms with Crippen LogP contribution in [0.1, 0.15) is 36.5 Å². The van der Waals surface area contributed by atoms with E-state index >= 15 is 0 Å². The average Bonchev–Trinajstić information content (AvgIpc) is 2.31. The molecule has 2 N–H and O–H groups in total. The molecule has 0 aromatic heterocycles. The van der Waals surface area contributed by atoms with Crippen molar-refractivity contribution in [2.24, 2.45) is 5.73 Å². The molecule has 2 nitrogen and oxygen atoms in total. The predicted molar refractivity (Wildman–Crippen MR) is 76.0 cm³/mol. The molecule has 0 bridgehead atoms. The van der Waals surface area contributed by atoms with Crippen molar-refractivity contribution in [3.05, 3.63) is 34.9 Å². The van der Waals surface area contributed by atoms with Crippen LogP contribution in [0.4, 0.5) is 26.3 Å². The van der Waals surface area contributed by atoms with Gasteiger partial charge in [-0.3, -0.25) is 0 Å². The zero-order chi connectivity index (χ0) is 18.2. The highest BCUT2D eigenvalue weighted by Gasteiger charge is 2.39. The van der Waals surface area contributed by atoms with Gasteiger partial charge in [0.05, 0.1) is 11.1 Å². The molecule has 0 fully saturated rings. The lowest BCUT2D eigenvalue weighted by atomic mass is 9.81. The van der Waals surface area contributed by atoms with Gasteiger partial charge in [-0.25, -0.2) is 0 Å². The largest absolute Gasteiger partial charge is 0.416 e. The predicted octanol–water partition coefficient (Wildman–Crippen LogP) is 4.11. The molecule has 1 atom stereocenters. The number of benzene rings is 1. The Bertz CT molecular complexity index is 508. The van der Waals surface area contributed by atoms with Crippen LogP contribution in [0.15, 0.2) is 18.2 Å². The standard InChI is InChI=1S/C15H20F6N2/c1-13(2,22)12(8-23(3)4)9-5-10(14(16,17)18)7-11(6-9)15(19,20)21/h5-7,12H,8,22H2,1-4H3. The summed E-state index contributed by atoms with van der Waals surface area (Å²) in [5.74, 6) is -0.694. The van der Waals surface area contributed by atoms with E-state index in [-0.39, 0.29) is 18.2 Å². The molecule has 0 radical (unpaired) electrons. The molecule has 1 aromatic rings. The number of alkyl halides is 6. The molecule has 0 amide bonds. The zero-order valence-corrected chi connectivity index (χ0v) is 13.3. The van der Waals surface area contributed by atoms with Crippen LogP contribution in [-0.2, 0) is 12.4 Å². The molecule has 1 unspecified atom stereocenters. The average molecular weight is 342 g/mol. The van der Waals surface area contributed by atoms with Gasteiger partial charge < -0.3 is 10.6 Å². The monoisotopic (exact) mass is 342 g/mol. The molecule has 0 aliphatic rings. The van der Waals surface area contributed by atoms with Crippen LogP contribution in [-0.4, -0.2) is 31.1 Å². The summed E-state index contributed by atoms with van der Waals surface area (Å²) >= 11 is 0. The summed E-state index contributed by atoms with van der Waals surface area (Å²) in [6.07, 6.45) is -9.73. The van der Waals surface area contributed by atoms with E-state index in [1.54, 1.807) is 32.8 Å². The molecule has 8 heteroatoms. The van der Waals surface area contributed by atoms with Crippen molar-refractivity contribution in [1.82, 2.24) is 4.90 Å². The Morgan fingerprint density at radius 2 is 1.30 bits per heavy atom. The van der Waals surface area contributed by atoms with Crippen LogP contribution in [0.2, 0.25) is 0 Å². The SMILES string of the molecule is CN(C)CC(c1cc(C(F)(F)F)cc(C(F)(F)F)c1)C(C)(C)N. The summed E-state index contributed by atoms with van der Waals surface area (Å²) < 4.78 is 77.7. The number of hydrogen-bond donors (Lipinski definition) is 1. The third-order valence-corrected chi connectivity index (χ3v) is 3.46. The molecule has 132 valence electrons. The fourth-order valence-corrected chi connectivity index (χ4v) is 2.32. The van der Waals surface area contributed by atoms with Gasteiger partial charge in [0.15, 0.2) is 0 Å². The summed E-state index contributed by atoms with van der Waals surface area (Å²) in [5.41, 5.74) is 2.28. The lowest BCUT2D eigenvalue weighted by Crippen LogP contribution is -2.44. The van der Waals surface area contributed by atoms with E-state index in [1.165, 1.54) is 0 Å². The molecule has 0 spiro atoms. The Balaban J connectivity index is 3.54. The second-order valence-electron chi connectivity index (χ2n) is 6.48. The summed E-state index contributed by atoms with van der Waals surface area (Å²) in [6.45, 7) is 3.38. The minimum atomic E-state index is -4.86. The molecule has 1 rings (SSSR count). The number of rotatable bonds is 4. The number of nitrogens with two attached hydrogens (primary N) is 1. The molecule has 0 aliphatic carbocycles. The molecular weight excluding hydrogens is 322 g/mol. The highest BCUT2D eigenvalue weighted by Crippen LogP contribution is 2.39. The van der Waals surface area contributed by atoms with E-state index in [9.17, 15) is 26.3 Å². The Morgan fingerprint density at radius 1 is 0.913 bits per heavy atom. The number of hydrogen-bond acceptors (Lipinski definition) is 2. The third-order valence-electron chi connectivity index (χ3n) is 3.46. The van der Waals surface area contributed by atoms with Crippen LogP contribution in [0, 0.1) is 0 Å². The Labute approximate surface area is 131 Å². The summed E-state index contributed by atoms with van der Waals surface area (Å²) in [4.78, 5) is 1.67. The van der Waals surface area contributed by atoms with Gasteiger partial charge >= 0.3 is 12.4 Å². The second-order valence-corrected chi connectivity index (χ2v) is 6.48. The molecule has 0 aliphatic heterocycles. The van der Waals surface area contributed by atoms with Crippen molar-refractivity contribution in [1.29, 1.82) is 0 Å². The molecular formula is C15H20F6N2. The number of likely N-dealkylation sites (N-methyl/N-ethyl adjacent to an activating group) is 1. The van der Waals surface area contributed by atoms with Crippen molar-refractivity contribution >= 4 is 0 Å². The van der Waals surface area contributed by atoms with Crippen molar-refractivity contribution in [3.63, 3.8) is 0 Å². The molecule has 0 heterocycles. The van der Waals surface area contributed by atoms with Crippen LogP contribution in [0.3, 0.4) is 0 Å². The summed E-state index contributed by atoms with van der Waals surface area (Å²) in [5, 5.41) is 0. The van der Waals surface area contributed by atoms with E-state index in [4.69, 9.17) is 5.73 Å². The van der Waals surface area contributed by atoms with Gasteiger partial charge in [0.25, 0.3) is 0 Å². The zero-order valence-electron chi connectivity index (χ0n) is 13.3. The Morgan fingerprint density at radius 3 is 1.57 bits per heavy atom. The lowest BCUT2D eigenvalue weighted by molar-refractivity contribution is -0.143.